The van der Waals surface area contributed by atoms with E-state index in [1.165, 1.54) is 19.3 Å². The molecule has 9 heavy (non-hydrogen) atoms. The van der Waals surface area contributed by atoms with Crippen molar-refractivity contribution in [3.05, 3.63) is 0 Å². The van der Waals surface area contributed by atoms with Gasteiger partial charge in [0.05, 0.1) is 6.61 Å². The van der Waals surface area contributed by atoms with Gasteiger partial charge in [-0.2, -0.15) is 0 Å². The van der Waals surface area contributed by atoms with Crippen molar-refractivity contribution in [3.63, 3.8) is 0 Å². The molecule has 0 aromatic rings. The van der Waals surface area contributed by atoms with Gasteiger partial charge in [0.15, 0.2) is 0 Å². The smallest absolute Gasteiger partial charge is 0.0587 e. The van der Waals surface area contributed by atoms with E-state index in [-0.39, 0.29) is 0 Å². The average molecular weight is 127 g/mol. The zero-order valence-electron chi connectivity index (χ0n) is 5.51. The molecule has 0 amide bonds. The van der Waals surface area contributed by atoms with Crippen LogP contribution in [0.4, 0.5) is 0 Å². The highest BCUT2D eigenvalue weighted by Crippen LogP contribution is 2.34. The summed E-state index contributed by atoms with van der Waals surface area (Å²) in [6.45, 7) is 0.334. The predicted molar refractivity (Wildman–Crippen MR) is 35.1 cm³/mol. The molecule has 52 valence electrons. The van der Waals surface area contributed by atoms with Crippen LogP contribution in [-0.2, 0) is 0 Å². The lowest BCUT2D eigenvalue weighted by Gasteiger charge is -2.20. The van der Waals surface area contributed by atoms with Gasteiger partial charge in [-0.25, -0.2) is 0 Å². The number of nitrogens with one attached hydrogen (secondary N) is 1. The summed E-state index contributed by atoms with van der Waals surface area (Å²) in [4.78, 5) is 0. The maximum Gasteiger partial charge on any atom is 0.0587 e. The first-order valence-corrected chi connectivity index (χ1v) is 3.77. The number of aliphatic hydroxyl groups excluding tert-OH is 1. The molecule has 2 nitrogen and oxygen atoms in total. The average Bonchev–Trinajstić information content (AvgIpc) is 2.45. The molecule has 1 saturated heterocycles. The Hall–Kier alpha value is -0.0800. The third-order valence-electron chi connectivity index (χ3n) is 2.69. The number of hydrogen-bond donors (Lipinski definition) is 2. The lowest BCUT2D eigenvalue weighted by molar-refractivity contribution is 0.210. The van der Waals surface area contributed by atoms with Gasteiger partial charge >= 0.3 is 0 Å². The number of aliphatic hydroxyl groups is 1. The van der Waals surface area contributed by atoms with Crippen LogP contribution in [0.5, 0.6) is 0 Å². The standard InChI is InChI=1S/C7H13NO/c9-4-7-5-1-2-6(3-5)8-7/h5-9H,1-4H2/t5-,6+,7+/m1/s1. The van der Waals surface area contributed by atoms with Crippen molar-refractivity contribution in [2.75, 3.05) is 6.61 Å². The molecule has 2 fully saturated rings. The monoisotopic (exact) mass is 127 g/mol. The van der Waals surface area contributed by atoms with E-state index in [0.717, 1.165) is 12.0 Å². The highest BCUT2D eigenvalue weighted by molar-refractivity contribution is 4.96. The van der Waals surface area contributed by atoms with Crippen LogP contribution in [-0.4, -0.2) is 23.8 Å². The summed E-state index contributed by atoms with van der Waals surface area (Å²) >= 11 is 0. The molecule has 0 radical (unpaired) electrons. The van der Waals surface area contributed by atoms with E-state index in [9.17, 15) is 0 Å². The van der Waals surface area contributed by atoms with Gasteiger partial charge in [-0.1, -0.05) is 0 Å². The number of fused-ring (bicyclic) bond motifs is 2. The summed E-state index contributed by atoms with van der Waals surface area (Å²) in [7, 11) is 0. The summed E-state index contributed by atoms with van der Waals surface area (Å²) in [6, 6.07) is 1.18. The van der Waals surface area contributed by atoms with E-state index < -0.39 is 0 Å². The summed E-state index contributed by atoms with van der Waals surface area (Å²) in [5, 5.41) is 12.2. The van der Waals surface area contributed by atoms with E-state index in [2.05, 4.69) is 5.32 Å². The van der Waals surface area contributed by atoms with Crippen molar-refractivity contribution in [2.24, 2.45) is 5.92 Å². The maximum atomic E-state index is 8.83. The van der Waals surface area contributed by atoms with Crippen LogP contribution in [0.15, 0.2) is 0 Å². The molecule has 2 aliphatic rings. The number of rotatable bonds is 1. The number of piperidine rings is 1. The van der Waals surface area contributed by atoms with Crippen LogP contribution in [0.1, 0.15) is 19.3 Å². The Labute approximate surface area is 55.3 Å². The Morgan fingerprint density at radius 2 is 2.33 bits per heavy atom. The highest BCUT2D eigenvalue weighted by Gasteiger charge is 2.38. The lowest BCUT2D eigenvalue weighted by Crippen LogP contribution is -2.37. The fraction of sp³-hybridized carbons (Fsp3) is 1.00. The minimum absolute atomic E-state index is 0.334. The first kappa shape index (κ1) is 5.69. The third kappa shape index (κ3) is 0.775. The van der Waals surface area contributed by atoms with Gasteiger partial charge in [0.25, 0.3) is 0 Å². The second kappa shape index (κ2) is 1.96. The van der Waals surface area contributed by atoms with Crippen LogP contribution >= 0.6 is 0 Å². The van der Waals surface area contributed by atoms with Gasteiger partial charge in [-0.05, 0) is 25.2 Å². The Morgan fingerprint density at radius 3 is 2.67 bits per heavy atom. The molecule has 2 heteroatoms. The normalized spacial score (nSPS) is 48.3. The summed E-state index contributed by atoms with van der Waals surface area (Å²) < 4.78 is 0. The second-order valence-corrected chi connectivity index (χ2v) is 3.23. The van der Waals surface area contributed by atoms with Gasteiger partial charge in [-0.3, -0.25) is 0 Å². The van der Waals surface area contributed by atoms with E-state index in [1.54, 1.807) is 0 Å². The third-order valence-corrected chi connectivity index (χ3v) is 2.69. The van der Waals surface area contributed by atoms with Crippen LogP contribution in [0.3, 0.4) is 0 Å². The molecule has 0 spiro atoms. The van der Waals surface area contributed by atoms with E-state index >= 15 is 0 Å². The molecule has 2 rings (SSSR count). The van der Waals surface area contributed by atoms with Crippen molar-refractivity contribution in [2.45, 2.75) is 31.3 Å². The Morgan fingerprint density at radius 1 is 1.44 bits per heavy atom. The van der Waals surface area contributed by atoms with Gasteiger partial charge in [0, 0.05) is 12.1 Å². The van der Waals surface area contributed by atoms with E-state index in [1.807, 2.05) is 0 Å². The fourth-order valence-corrected chi connectivity index (χ4v) is 2.17. The van der Waals surface area contributed by atoms with Crippen molar-refractivity contribution in [1.82, 2.24) is 5.32 Å². The molecule has 3 atom stereocenters. The molecular formula is C7H13NO. The van der Waals surface area contributed by atoms with Crippen LogP contribution < -0.4 is 5.32 Å². The second-order valence-electron chi connectivity index (χ2n) is 3.23. The molecule has 0 aromatic heterocycles. The first-order chi connectivity index (χ1) is 4.40. The first-order valence-electron chi connectivity index (χ1n) is 3.77. The van der Waals surface area contributed by atoms with E-state index in [0.29, 0.717) is 12.6 Å². The highest BCUT2D eigenvalue weighted by atomic mass is 16.3. The van der Waals surface area contributed by atoms with Gasteiger partial charge < -0.3 is 10.4 Å². The van der Waals surface area contributed by atoms with Crippen LogP contribution in [0.2, 0.25) is 0 Å². The molecule has 2 N–H and O–H groups in total. The van der Waals surface area contributed by atoms with Crippen molar-refractivity contribution in [3.8, 4) is 0 Å². The Bertz CT molecular complexity index is 115. The van der Waals surface area contributed by atoms with Crippen molar-refractivity contribution in [1.29, 1.82) is 0 Å². The molecule has 0 aromatic carbocycles. The van der Waals surface area contributed by atoms with Crippen LogP contribution in [0, 0.1) is 5.92 Å². The maximum absolute atomic E-state index is 8.83. The predicted octanol–water partition coefficient (Wildman–Crippen LogP) is 0.119. The van der Waals surface area contributed by atoms with Crippen molar-refractivity contribution < 1.29 is 5.11 Å². The van der Waals surface area contributed by atoms with Crippen LogP contribution in [0.25, 0.3) is 0 Å². The van der Waals surface area contributed by atoms with Gasteiger partial charge in [0.2, 0.25) is 0 Å². The Kier molecular flexibility index (Phi) is 1.24. The largest absolute Gasteiger partial charge is 0.395 e. The molecule has 1 aliphatic carbocycles. The van der Waals surface area contributed by atoms with Crippen molar-refractivity contribution >= 4 is 0 Å². The summed E-state index contributed by atoms with van der Waals surface area (Å²) in [5.41, 5.74) is 0. The molecular weight excluding hydrogens is 114 g/mol. The minimum atomic E-state index is 0.334. The van der Waals surface area contributed by atoms with E-state index in [4.69, 9.17) is 5.11 Å². The number of hydrogen-bond acceptors (Lipinski definition) is 2. The summed E-state index contributed by atoms with van der Waals surface area (Å²) in [6.07, 6.45) is 3.98. The molecule has 1 aliphatic heterocycles. The molecule has 0 unspecified atom stereocenters. The van der Waals surface area contributed by atoms with Gasteiger partial charge in [0.1, 0.15) is 0 Å². The zero-order chi connectivity index (χ0) is 6.27. The Balaban J connectivity index is 2.01. The van der Waals surface area contributed by atoms with Gasteiger partial charge in [-0.15, -0.1) is 0 Å². The quantitative estimate of drug-likeness (QED) is 0.524. The SMILES string of the molecule is OC[C@@H]1N[C@H]2CC[C@@H]1C2. The molecule has 2 bridgehead atoms. The lowest BCUT2D eigenvalue weighted by atomic mass is 10.0. The molecule has 1 saturated carbocycles. The zero-order valence-corrected chi connectivity index (χ0v) is 5.51. The minimum Gasteiger partial charge on any atom is -0.395 e. The molecule has 1 heterocycles. The summed E-state index contributed by atoms with van der Waals surface area (Å²) in [5.74, 6) is 0.792. The fourth-order valence-electron chi connectivity index (χ4n) is 2.17. The topological polar surface area (TPSA) is 32.3 Å².